The SMILES string of the molecule is CC(C)(C)c1cc2c(cc1C(C)(C)C)-c1cc(C(C)(C)C)c(C(C)(C)C)[c](/[Zr+2]([C]3=CC=CC3)=[C](/c3ccccc3)c3cccc(Cl)c3)c1C2.[Cl-].[Cl-]. The van der Waals surface area contributed by atoms with Crippen LogP contribution in [0.4, 0.5) is 0 Å². The molecule has 0 amide bonds. The van der Waals surface area contributed by atoms with Gasteiger partial charge in [0.05, 0.1) is 0 Å². The second kappa shape index (κ2) is 15.0. The fourth-order valence-electron chi connectivity index (χ4n) is 8.05. The summed E-state index contributed by atoms with van der Waals surface area (Å²) in [7, 11) is 0. The molecular formula is C47H55Cl3Zr. The van der Waals surface area contributed by atoms with Crippen LogP contribution in [0.2, 0.25) is 5.02 Å². The van der Waals surface area contributed by atoms with Crippen molar-refractivity contribution in [1.29, 1.82) is 0 Å². The molecule has 0 fully saturated rings. The van der Waals surface area contributed by atoms with Gasteiger partial charge in [-0.15, -0.1) is 0 Å². The molecule has 0 spiro atoms. The number of rotatable bonds is 4. The van der Waals surface area contributed by atoms with E-state index in [1.807, 2.05) is 6.07 Å². The quantitative estimate of drug-likeness (QED) is 0.196. The zero-order valence-electron chi connectivity index (χ0n) is 32.7. The summed E-state index contributed by atoms with van der Waals surface area (Å²) in [4.78, 5) is 0. The number of hydrogen-bond acceptors (Lipinski definition) is 0. The van der Waals surface area contributed by atoms with E-state index in [9.17, 15) is 0 Å². The molecule has 0 saturated heterocycles. The molecule has 0 N–H and O–H groups in total. The van der Waals surface area contributed by atoms with Crippen LogP contribution in [0.25, 0.3) is 11.1 Å². The first-order valence-corrected chi connectivity index (χ1v) is 22.1. The van der Waals surface area contributed by atoms with Gasteiger partial charge in [-0.2, -0.15) is 0 Å². The molecule has 4 aromatic rings. The van der Waals surface area contributed by atoms with Gasteiger partial charge in [-0.25, -0.2) is 0 Å². The second-order valence-electron chi connectivity index (χ2n) is 18.4. The smallest absolute Gasteiger partial charge is 1.00 e. The standard InChI is InChI=1S/C29H41.C13H9Cl.C5H5.2ClH.Zr/c1-26(2,3)22-14-18-13-19-15-23(27(4,5)6)25(29(10,11)12)17-21(19)20(18)16-24(22)28(7,8)9;14-13-8-4-7-12(10-13)9-11-5-2-1-3-6-11;1-2-4-5-3-1;;;/h14,16-17H,13H2,1-12H3;1-8,10H;1-3H,4H2;2*1H;/q;;;;;+2/p-2. The van der Waals surface area contributed by atoms with E-state index in [2.05, 4.69) is 168 Å². The van der Waals surface area contributed by atoms with E-state index in [0.29, 0.717) is 0 Å². The molecule has 0 heterocycles. The number of fused-ring (bicyclic) bond motifs is 3. The summed E-state index contributed by atoms with van der Waals surface area (Å²) >= 11 is 3.84. The van der Waals surface area contributed by atoms with Gasteiger partial charge < -0.3 is 24.8 Å². The molecule has 6 rings (SSSR count). The molecule has 0 radical (unpaired) electrons. The van der Waals surface area contributed by atoms with E-state index in [1.54, 1.807) is 17.7 Å². The van der Waals surface area contributed by atoms with Gasteiger partial charge in [0.15, 0.2) is 0 Å². The average molecular weight is 818 g/mol. The maximum atomic E-state index is 6.82. The van der Waals surface area contributed by atoms with Crippen LogP contribution in [0.3, 0.4) is 0 Å². The van der Waals surface area contributed by atoms with Crippen molar-refractivity contribution in [3.8, 4) is 11.1 Å². The first-order valence-electron chi connectivity index (χ1n) is 18.1. The minimum absolute atomic E-state index is 0. The zero-order valence-corrected chi connectivity index (χ0v) is 37.4. The molecule has 0 saturated carbocycles. The minimum atomic E-state index is -2.97. The number of halogens is 3. The van der Waals surface area contributed by atoms with Crippen molar-refractivity contribution in [2.24, 2.45) is 0 Å². The Morgan fingerprint density at radius 1 is 0.608 bits per heavy atom. The molecule has 0 nitrogen and oxygen atoms in total. The Balaban J connectivity index is 0.00000292. The molecule has 268 valence electrons. The average Bonchev–Trinajstić information content (AvgIpc) is 3.65. The topological polar surface area (TPSA) is 0 Å². The third-order valence-corrected chi connectivity index (χ3v) is 18.2. The van der Waals surface area contributed by atoms with Crippen molar-refractivity contribution in [1.82, 2.24) is 0 Å². The molecule has 0 atom stereocenters. The van der Waals surface area contributed by atoms with E-state index in [-0.39, 0.29) is 46.5 Å². The van der Waals surface area contributed by atoms with Crippen LogP contribution in [-0.2, 0) is 49.3 Å². The van der Waals surface area contributed by atoms with Crippen LogP contribution >= 0.6 is 11.6 Å². The summed E-state index contributed by atoms with van der Waals surface area (Å²) in [6, 6.07) is 27.7. The van der Waals surface area contributed by atoms with Gasteiger partial charge in [-0.05, 0) is 0 Å². The molecule has 4 heteroatoms. The Hall–Kier alpha value is -2.02. The molecule has 0 aliphatic heterocycles. The fraction of sp³-hybridized carbons (Fsp3) is 0.383. The predicted octanol–water partition coefficient (Wildman–Crippen LogP) is 6.47. The first kappa shape index (κ1) is 41.7. The molecule has 0 aromatic heterocycles. The van der Waals surface area contributed by atoms with E-state index < -0.39 is 21.3 Å². The van der Waals surface area contributed by atoms with Crippen molar-refractivity contribution >= 4 is 18.1 Å². The summed E-state index contributed by atoms with van der Waals surface area (Å²) in [6.07, 6.45) is 9.17. The van der Waals surface area contributed by atoms with E-state index in [1.165, 1.54) is 47.7 Å². The summed E-state index contributed by atoms with van der Waals surface area (Å²) in [6.45, 7) is 28.9. The fourth-order valence-corrected chi connectivity index (χ4v) is 17.2. The summed E-state index contributed by atoms with van der Waals surface area (Å²) < 4.78 is 4.86. The molecule has 4 aromatic carbocycles. The summed E-state index contributed by atoms with van der Waals surface area (Å²) in [5, 5.41) is 0.800. The Morgan fingerprint density at radius 2 is 1.18 bits per heavy atom. The maximum Gasteiger partial charge on any atom is -1.00 e. The monoisotopic (exact) mass is 814 g/mol. The van der Waals surface area contributed by atoms with Crippen molar-refractivity contribution in [3.63, 3.8) is 0 Å². The molecule has 0 unspecified atom stereocenters. The number of benzene rings is 4. The van der Waals surface area contributed by atoms with Gasteiger partial charge in [-0.1, -0.05) is 0 Å². The summed E-state index contributed by atoms with van der Waals surface area (Å²) in [5.74, 6) is 0. The zero-order chi connectivity index (χ0) is 35.7. The molecular weight excluding hydrogens is 762 g/mol. The third kappa shape index (κ3) is 8.24. The molecule has 51 heavy (non-hydrogen) atoms. The summed E-state index contributed by atoms with van der Waals surface area (Å²) in [5.41, 5.74) is 14.7. The predicted molar refractivity (Wildman–Crippen MR) is 212 cm³/mol. The van der Waals surface area contributed by atoms with Crippen LogP contribution in [0.5, 0.6) is 0 Å². The Kier molecular flexibility index (Phi) is 12.3. The Labute approximate surface area is 334 Å². The van der Waals surface area contributed by atoms with Crippen molar-refractivity contribution in [3.05, 3.63) is 144 Å². The molecule has 2 aliphatic carbocycles. The normalized spacial score (nSPS) is 14.3. The van der Waals surface area contributed by atoms with E-state index in [0.717, 1.165) is 17.9 Å². The van der Waals surface area contributed by atoms with Crippen molar-refractivity contribution in [2.75, 3.05) is 0 Å². The van der Waals surface area contributed by atoms with E-state index >= 15 is 0 Å². The van der Waals surface area contributed by atoms with Gasteiger partial charge in [0.1, 0.15) is 0 Å². The molecule has 2 aliphatic rings. The Morgan fingerprint density at radius 3 is 1.71 bits per heavy atom. The van der Waals surface area contributed by atoms with Gasteiger partial charge in [0, 0.05) is 0 Å². The van der Waals surface area contributed by atoms with Gasteiger partial charge in [-0.3, -0.25) is 0 Å². The number of hydrogen-bond donors (Lipinski definition) is 0. The van der Waals surface area contributed by atoms with Crippen molar-refractivity contribution < 1.29 is 46.1 Å². The van der Waals surface area contributed by atoms with E-state index in [4.69, 9.17) is 11.6 Å². The second-order valence-corrected chi connectivity index (χ2v) is 24.7. The van der Waals surface area contributed by atoms with Crippen LogP contribution in [0.1, 0.15) is 134 Å². The molecule has 0 bridgehead atoms. The van der Waals surface area contributed by atoms with Gasteiger partial charge >= 0.3 is 312 Å². The first-order chi connectivity index (χ1) is 22.8. The van der Waals surface area contributed by atoms with Crippen LogP contribution in [0.15, 0.2) is 94.3 Å². The number of allylic oxidation sites excluding steroid dienone is 4. The maximum absolute atomic E-state index is 6.82. The van der Waals surface area contributed by atoms with Crippen LogP contribution in [0, 0.1) is 0 Å². The Bertz CT molecular complexity index is 2030. The van der Waals surface area contributed by atoms with Crippen molar-refractivity contribution in [2.45, 2.75) is 118 Å². The minimum Gasteiger partial charge on any atom is -1.00 e. The van der Waals surface area contributed by atoms with Gasteiger partial charge in [0.2, 0.25) is 0 Å². The largest absolute Gasteiger partial charge is 1.00 e. The van der Waals surface area contributed by atoms with Crippen LogP contribution < -0.4 is 28.1 Å². The van der Waals surface area contributed by atoms with Gasteiger partial charge in [0.25, 0.3) is 0 Å². The third-order valence-electron chi connectivity index (χ3n) is 10.3. The van der Waals surface area contributed by atoms with Crippen LogP contribution in [-0.4, -0.2) is 3.21 Å².